The van der Waals surface area contributed by atoms with Crippen molar-refractivity contribution < 1.29 is 0 Å². The Labute approximate surface area is 107 Å². The fraction of sp³-hybridized carbons (Fsp3) is 0. The highest BCUT2D eigenvalue weighted by Gasteiger charge is 2.05. The molecule has 2 nitrogen and oxygen atoms in total. The maximum atomic E-state index is 8.67. The lowest BCUT2D eigenvalue weighted by molar-refractivity contribution is 1.30. The summed E-state index contributed by atoms with van der Waals surface area (Å²) in [4.78, 5) is 4.19. The molecule has 0 aliphatic rings. The Morgan fingerprint density at radius 2 is 2.06 bits per heavy atom. The molecule has 0 radical (unpaired) electrons. The van der Waals surface area contributed by atoms with Crippen LogP contribution in [0.25, 0.3) is 11.3 Å². The summed E-state index contributed by atoms with van der Waals surface area (Å²) in [5.41, 5.74) is 2.16. The molecule has 0 aliphatic heterocycles. The molecular weight excluding hydrogens is 288 g/mol. The number of benzene rings is 1. The predicted molar refractivity (Wildman–Crippen MR) is 67.1 cm³/mol. The Hall–Kier alpha value is -1.37. The van der Waals surface area contributed by atoms with E-state index in [1.54, 1.807) is 12.1 Å². The normalized spacial score (nSPS) is 9.81. The number of halogens is 2. The maximum absolute atomic E-state index is 8.67. The highest BCUT2D eigenvalue weighted by atomic mass is 79.9. The van der Waals surface area contributed by atoms with Crippen LogP contribution in [0.5, 0.6) is 0 Å². The number of rotatable bonds is 1. The lowest BCUT2D eigenvalue weighted by Crippen LogP contribution is -1.85. The average Bonchev–Trinajstić information content (AvgIpc) is 2.29. The molecule has 0 aliphatic carbocycles. The standard InChI is InChI=1S/C12H6BrClN2/c13-9-2-3-10(11(14)5-9)12-4-1-8(6-15)7-16-12/h1-5,7H. The molecule has 2 aromatic rings. The number of hydrogen-bond acceptors (Lipinski definition) is 2. The van der Waals surface area contributed by atoms with Gasteiger partial charge in [0.25, 0.3) is 0 Å². The highest BCUT2D eigenvalue weighted by molar-refractivity contribution is 9.10. The van der Waals surface area contributed by atoms with Crippen LogP contribution in [0, 0.1) is 11.3 Å². The molecule has 16 heavy (non-hydrogen) atoms. The first-order valence-electron chi connectivity index (χ1n) is 4.52. The monoisotopic (exact) mass is 292 g/mol. The molecule has 0 saturated heterocycles. The molecule has 1 aromatic carbocycles. The summed E-state index contributed by atoms with van der Waals surface area (Å²) < 4.78 is 0.926. The first kappa shape index (κ1) is 11.1. The van der Waals surface area contributed by atoms with Crippen LogP contribution in [0.2, 0.25) is 5.02 Å². The van der Waals surface area contributed by atoms with Gasteiger partial charge in [0.2, 0.25) is 0 Å². The van der Waals surface area contributed by atoms with E-state index in [1.807, 2.05) is 24.3 Å². The van der Waals surface area contributed by atoms with Crippen molar-refractivity contribution in [1.29, 1.82) is 5.26 Å². The third kappa shape index (κ3) is 2.24. The Morgan fingerprint density at radius 1 is 1.25 bits per heavy atom. The summed E-state index contributed by atoms with van der Waals surface area (Å²) in [6.07, 6.45) is 1.54. The molecule has 2 rings (SSSR count). The molecule has 0 amide bonds. The Bertz CT molecular complexity index is 558. The second-order valence-electron chi connectivity index (χ2n) is 3.17. The second-order valence-corrected chi connectivity index (χ2v) is 4.49. The number of nitrogens with zero attached hydrogens (tertiary/aromatic N) is 2. The van der Waals surface area contributed by atoms with Crippen molar-refractivity contribution >= 4 is 27.5 Å². The van der Waals surface area contributed by atoms with Gasteiger partial charge in [0.15, 0.2) is 0 Å². The predicted octanol–water partition coefficient (Wildman–Crippen LogP) is 4.04. The first-order chi connectivity index (χ1) is 7.70. The molecule has 0 saturated carbocycles. The fourth-order valence-electron chi connectivity index (χ4n) is 1.32. The average molecular weight is 294 g/mol. The molecule has 1 aromatic heterocycles. The topological polar surface area (TPSA) is 36.7 Å². The van der Waals surface area contributed by atoms with Gasteiger partial charge in [0, 0.05) is 16.2 Å². The molecule has 0 unspecified atom stereocenters. The summed E-state index contributed by atoms with van der Waals surface area (Å²) in [5.74, 6) is 0. The minimum Gasteiger partial charge on any atom is -0.255 e. The van der Waals surface area contributed by atoms with Gasteiger partial charge in [0.1, 0.15) is 6.07 Å². The lowest BCUT2D eigenvalue weighted by atomic mass is 10.1. The van der Waals surface area contributed by atoms with Gasteiger partial charge < -0.3 is 0 Å². The van der Waals surface area contributed by atoms with Gasteiger partial charge in [-0.05, 0) is 24.3 Å². The van der Waals surface area contributed by atoms with Crippen molar-refractivity contribution in [3.8, 4) is 17.3 Å². The Kier molecular flexibility index (Phi) is 3.23. The molecule has 0 fully saturated rings. The number of pyridine rings is 1. The Balaban J connectivity index is 2.47. The van der Waals surface area contributed by atoms with Crippen LogP contribution in [0.15, 0.2) is 41.0 Å². The van der Waals surface area contributed by atoms with E-state index >= 15 is 0 Å². The summed E-state index contributed by atoms with van der Waals surface area (Å²) in [5, 5.41) is 9.30. The van der Waals surface area contributed by atoms with Crippen LogP contribution in [0.1, 0.15) is 5.56 Å². The van der Waals surface area contributed by atoms with Crippen LogP contribution >= 0.6 is 27.5 Å². The second kappa shape index (κ2) is 4.65. The van der Waals surface area contributed by atoms with Gasteiger partial charge in [0.05, 0.1) is 16.3 Å². The first-order valence-corrected chi connectivity index (χ1v) is 5.69. The van der Waals surface area contributed by atoms with Crippen molar-refractivity contribution in [2.45, 2.75) is 0 Å². The largest absolute Gasteiger partial charge is 0.255 e. The Morgan fingerprint density at radius 3 is 2.62 bits per heavy atom. The fourth-order valence-corrected chi connectivity index (χ4v) is 2.09. The molecular formula is C12H6BrClN2. The van der Waals surface area contributed by atoms with Crippen molar-refractivity contribution in [2.24, 2.45) is 0 Å². The van der Waals surface area contributed by atoms with Crippen molar-refractivity contribution in [3.05, 3.63) is 51.6 Å². The summed E-state index contributed by atoms with van der Waals surface area (Å²) in [7, 11) is 0. The van der Waals surface area contributed by atoms with E-state index < -0.39 is 0 Å². The van der Waals surface area contributed by atoms with E-state index in [0.29, 0.717) is 10.6 Å². The molecule has 0 spiro atoms. The zero-order valence-corrected chi connectivity index (χ0v) is 10.5. The van der Waals surface area contributed by atoms with Gasteiger partial charge in [-0.25, -0.2) is 0 Å². The quantitative estimate of drug-likeness (QED) is 0.796. The van der Waals surface area contributed by atoms with Crippen molar-refractivity contribution in [3.63, 3.8) is 0 Å². The molecule has 78 valence electrons. The molecule has 0 bridgehead atoms. The third-order valence-electron chi connectivity index (χ3n) is 2.10. The van der Waals surface area contributed by atoms with Gasteiger partial charge >= 0.3 is 0 Å². The minimum atomic E-state index is 0.539. The number of hydrogen-bond donors (Lipinski definition) is 0. The van der Waals surface area contributed by atoms with Gasteiger partial charge in [-0.1, -0.05) is 33.6 Å². The lowest BCUT2D eigenvalue weighted by Gasteiger charge is -2.03. The van der Waals surface area contributed by atoms with Gasteiger partial charge in [-0.15, -0.1) is 0 Å². The summed E-state index contributed by atoms with van der Waals surface area (Å²) in [6, 6.07) is 11.1. The zero-order valence-electron chi connectivity index (χ0n) is 8.11. The number of aromatic nitrogens is 1. The third-order valence-corrected chi connectivity index (χ3v) is 2.91. The SMILES string of the molecule is N#Cc1ccc(-c2ccc(Br)cc2Cl)nc1. The van der Waals surface area contributed by atoms with E-state index in [-0.39, 0.29) is 0 Å². The van der Waals surface area contributed by atoms with Crippen LogP contribution in [0.4, 0.5) is 0 Å². The van der Waals surface area contributed by atoms with Crippen molar-refractivity contribution in [1.82, 2.24) is 4.98 Å². The maximum Gasteiger partial charge on any atom is 0.101 e. The number of nitriles is 1. The van der Waals surface area contributed by atoms with Crippen molar-refractivity contribution in [2.75, 3.05) is 0 Å². The van der Waals surface area contributed by atoms with E-state index in [2.05, 4.69) is 20.9 Å². The van der Waals surface area contributed by atoms with E-state index in [1.165, 1.54) is 6.20 Å². The van der Waals surface area contributed by atoms with E-state index in [9.17, 15) is 0 Å². The van der Waals surface area contributed by atoms with Crippen LogP contribution in [-0.4, -0.2) is 4.98 Å². The van der Waals surface area contributed by atoms with Gasteiger partial charge in [-0.2, -0.15) is 5.26 Å². The van der Waals surface area contributed by atoms with E-state index in [0.717, 1.165) is 15.7 Å². The molecule has 0 atom stereocenters. The summed E-state index contributed by atoms with van der Waals surface area (Å²) in [6.45, 7) is 0. The van der Waals surface area contributed by atoms with E-state index in [4.69, 9.17) is 16.9 Å². The zero-order chi connectivity index (χ0) is 11.5. The van der Waals surface area contributed by atoms with Crippen LogP contribution in [-0.2, 0) is 0 Å². The molecule has 1 heterocycles. The minimum absolute atomic E-state index is 0.539. The molecule has 0 N–H and O–H groups in total. The van der Waals surface area contributed by atoms with Crippen LogP contribution in [0.3, 0.4) is 0 Å². The summed E-state index contributed by atoms with van der Waals surface area (Å²) >= 11 is 9.45. The highest BCUT2D eigenvalue weighted by Crippen LogP contribution is 2.29. The smallest absolute Gasteiger partial charge is 0.101 e. The van der Waals surface area contributed by atoms with Gasteiger partial charge in [-0.3, -0.25) is 4.98 Å². The molecule has 4 heteroatoms. The van der Waals surface area contributed by atoms with Crippen LogP contribution < -0.4 is 0 Å².